The second-order valence-corrected chi connectivity index (χ2v) is 7.62. The minimum atomic E-state index is -0.814. The van der Waals surface area contributed by atoms with Crippen molar-refractivity contribution in [2.24, 2.45) is 0 Å². The van der Waals surface area contributed by atoms with Gasteiger partial charge in [-0.2, -0.15) is 0 Å². The van der Waals surface area contributed by atoms with Crippen LogP contribution in [-0.4, -0.2) is 83.2 Å². The Morgan fingerprint density at radius 2 is 2.00 bits per heavy atom. The fraction of sp³-hybridized carbons (Fsp3) is 0.348. The third-order valence-corrected chi connectivity index (χ3v) is 5.76. The average Bonchev–Trinajstić information content (AvgIpc) is 3.08. The van der Waals surface area contributed by atoms with Gasteiger partial charge in [-0.3, -0.25) is 19.5 Å². The van der Waals surface area contributed by atoms with Gasteiger partial charge in [0.25, 0.3) is 11.7 Å². The van der Waals surface area contributed by atoms with Crippen LogP contribution in [0.5, 0.6) is 11.5 Å². The van der Waals surface area contributed by atoms with E-state index < -0.39 is 23.5 Å². The first kappa shape index (κ1) is 21.8. The topological polar surface area (TPSA) is 112 Å². The minimum Gasteiger partial charge on any atom is -0.507 e. The van der Waals surface area contributed by atoms with Crippen LogP contribution >= 0.6 is 0 Å². The number of phenols is 1. The summed E-state index contributed by atoms with van der Waals surface area (Å²) in [6.07, 6.45) is 3.16. The standard InChI is InChI=1S/C23H25N3O6/c1-31-16-4-5-17(18(27)13-16)21(28)19-20(15-3-2-6-24-14-15)26(23(30)22(19)29)8-7-25-9-11-32-12-10-25/h2-6,13-14,20,27-28H,7-12H2,1H3/t20-/m0/s1. The predicted octanol–water partition coefficient (Wildman–Crippen LogP) is 1.55. The molecule has 0 spiro atoms. The van der Waals surface area contributed by atoms with Gasteiger partial charge < -0.3 is 24.6 Å². The van der Waals surface area contributed by atoms with E-state index in [1.165, 1.54) is 24.1 Å². The van der Waals surface area contributed by atoms with Crippen LogP contribution in [-0.2, 0) is 14.3 Å². The number of phenolic OH excluding ortho intramolecular Hbond substituents is 1. The van der Waals surface area contributed by atoms with Gasteiger partial charge in [0, 0.05) is 44.6 Å². The fourth-order valence-corrected chi connectivity index (χ4v) is 4.05. The lowest BCUT2D eigenvalue weighted by Gasteiger charge is -2.30. The highest BCUT2D eigenvalue weighted by molar-refractivity contribution is 6.46. The minimum absolute atomic E-state index is 0.0471. The van der Waals surface area contributed by atoms with Crippen molar-refractivity contribution in [1.29, 1.82) is 0 Å². The maximum absolute atomic E-state index is 13.0. The van der Waals surface area contributed by atoms with E-state index >= 15 is 0 Å². The number of carbonyl (C=O) groups excluding carboxylic acids is 2. The molecule has 1 amide bonds. The second-order valence-electron chi connectivity index (χ2n) is 7.62. The molecular formula is C23H25N3O6. The molecule has 2 aliphatic rings. The summed E-state index contributed by atoms with van der Waals surface area (Å²) in [4.78, 5) is 33.8. The molecule has 0 bridgehead atoms. The largest absolute Gasteiger partial charge is 0.507 e. The van der Waals surface area contributed by atoms with Gasteiger partial charge in [0.05, 0.1) is 37.5 Å². The van der Waals surface area contributed by atoms with Crippen molar-refractivity contribution in [2.45, 2.75) is 6.04 Å². The molecule has 1 aromatic heterocycles. The number of morpholine rings is 1. The molecule has 2 N–H and O–H groups in total. The quantitative estimate of drug-likeness (QED) is 0.396. The van der Waals surface area contributed by atoms with Crippen molar-refractivity contribution in [3.8, 4) is 11.5 Å². The Labute approximate surface area is 185 Å². The van der Waals surface area contributed by atoms with Gasteiger partial charge in [-0.25, -0.2) is 0 Å². The number of amides is 1. The summed E-state index contributed by atoms with van der Waals surface area (Å²) < 4.78 is 10.4. The van der Waals surface area contributed by atoms with Gasteiger partial charge in [0.15, 0.2) is 0 Å². The van der Waals surface area contributed by atoms with Gasteiger partial charge in [-0.1, -0.05) is 6.07 Å². The highest BCUT2D eigenvalue weighted by atomic mass is 16.5. The molecule has 2 aliphatic heterocycles. The summed E-state index contributed by atoms with van der Waals surface area (Å²) >= 11 is 0. The van der Waals surface area contributed by atoms with Gasteiger partial charge in [-0.05, 0) is 23.8 Å². The first-order valence-electron chi connectivity index (χ1n) is 10.4. The number of aliphatic hydroxyl groups is 1. The maximum Gasteiger partial charge on any atom is 0.295 e. The number of Topliss-reactive ketones (excluding diaryl/α,β-unsaturated/α-hetero) is 1. The molecule has 9 nitrogen and oxygen atoms in total. The van der Waals surface area contributed by atoms with E-state index in [9.17, 15) is 19.8 Å². The number of aromatic nitrogens is 1. The molecule has 2 saturated heterocycles. The van der Waals surface area contributed by atoms with Crippen LogP contribution in [0.1, 0.15) is 17.2 Å². The Bertz CT molecular complexity index is 1030. The molecule has 1 atom stereocenters. The predicted molar refractivity (Wildman–Crippen MR) is 115 cm³/mol. The summed E-state index contributed by atoms with van der Waals surface area (Å²) in [5, 5.41) is 21.4. The van der Waals surface area contributed by atoms with E-state index in [4.69, 9.17) is 9.47 Å². The lowest BCUT2D eigenvalue weighted by Crippen LogP contribution is -2.42. The smallest absolute Gasteiger partial charge is 0.295 e. The van der Waals surface area contributed by atoms with Crippen LogP contribution in [0.2, 0.25) is 0 Å². The third kappa shape index (κ3) is 4.17. The van der Waals surface area contributed by atoms with Crippen LogP contribution < -0.4 is 4.74 Å². The number of rotatable bonds is 6. The second kappa shape index (κ2) is 9.37. The third-order valence-electron chi connectivity index (χ3n) is 5.76. The van der Waals surface area contributed by atoms with Crippen LogP contribution in [0, 0.1) is 0 Å². The average molecular weight is 439 g/mol. The van der Waals surface area contributed by atoms with Crippen LogP contribution in [0.3, 0.4) is 0 Å². The Kier molecular flexibility index (Phi) is 6.38. The molecular weight excluding hydrogens is 414 g/mol. The summed E-state index contributed by atoms with van der Waals surface area (Å²) in [5.41, 5.74) is 0.569. The summed E-state index contributed by atoms with van der Waals surface area (Å²) in [5.74, 6) is -1.79. The van der Waals surface area contributed by atoms with E-state index in [1.807, 2.05) is 0 Å². The normalized spacial score (nSPS) is 21.2. The summed E-state index contributed by atoms with van der Waals surface area (Å²) in [6.45, 7) is 3.63. The van der Waals surface area contributed by atoms with E-state index in [1.54, 1.807) is 30.6 Å². The number of carbonyl (C=O) groups is 2. The van der Waals surface area contributed by atoms with Crippen molar-refractivity contribution in [2.75, 3.05) is 46.5 Å². The first-order chi connectivity index (χ1) is 15.5. The van der Waals surface area contributed by atoms with Gasteiger partial charge in [0.2, 0.25) is 0 Å². The zero-order valence-corrected chi connectivity index (χ0v) is 17.7. The molecule has 9 heteroatoms. The lowest BCUT2D eigenvalue weighted by molar-refractivity contribution is -0.140. The SMILES string of the molecule is COc1ccc(C(O)=C2C(=O)C(=O)N(CCN3CCOCC3)[C@H]2c2cccnc2)c(O)c1. The highest BCUT2D eigenvalue weighted by Crippen LogP contribution is 2.40. The van der Waals surface area contributed by atoms with Crippen molar-refractivity contribution in [3.05, 3.63) is 59.4 Å². The Morgan fingerprint density at radius 3 is 2.66 bits per heavy atom. The monoisotopic (exact) mass is 439 g/mol. The van der Waals surface area contributed by atoms with E-state index in [-0.39, 0.29) is 16.9 Å². The number of ketones is 1. The number of hydrogen-bond acceptors (Lipinski definition) is 8. The molecule has 0 saturated carbocycles. The zero-order chi connectivity index (χ0) is 22.7. The molecule has 168 valence electrons. The number of hydrogen-bond donors (Lipinski definition) is 2. The number of benzene rings is 1. The Balaban J connectivity index is 1.73. The maximum atomic E-state index is 13.0. The van der Waals surface area contributed by atoms with Gasteiger partial charge in [-0.15, -0.1) is 0 Å². The van der Waals surface area contributed by atoms with E-state index in [2.05, 4.69) is 9.88 Å². The number of aliphatic hydroxyl groups excluding tert-OH is 1. The molecule has 2 fully saturated rings. The molecule has 0 unspecified atom stereocenters. The van der Waals surface area contributed by atoms with Crippen molar-refractivity contribution in [1.82, 2.24) is 14.8 Å². The number of nitrogens with zero attached hydrogens (tertiary/aromatic N) is 3. The number of likely N-dealkylation sites (tertiary alicyclic amines) is 1. The van der Waals surface area contributed by atoms with E-state index in [0.717, 1.165) is 13.1 Å². The zero-order valence-electron chi connectivity index (χ0n) is 17.7. The van der Waals surface area contributed by atoms with E-state index in [0.29, 0.717) is 37.6 Å². The van der Waals surface area contributed by atoms with Crippen molar-refractivity contribution in [3.63, 3.8) is 0 Å². The molecule has 3 heterocycles. The number of ether oxygens (including phenoxy) is 2. The van der Waals surface area contributed by atoms with Gasteiger partial charge in [0.1, 0.15) is 17.3 Å². The number of aromatic hydroxyl groups is 1. The van der Waals surface area contributed by atoms with Crippen LogP contribution in [0.4, 0.5) is 0 Å². The molecule has 32 heavy (non-hydrogen) atoms. The highest BCUT2D eigenvalue weighted by Gasteiger charge is 2.46. The van der Waals surface area contributed by atoms with Crippen molar-refractivity contribution >= 4 is 17.4 Å². The molecule has 0 radical (unpaired) electrons. The number of methoxy groups -OCH3 is 1. The molecule has 2 aromatic rings. The molecule has 0 aliphatic carbocycles. The van der Waals surface area contributed by atoms with Crippen LogP contribution in [0.15, 0.2) is 48.3 Å². The van der Waals surface area contributed by atoms with Gasteiger partial charge >= 0.3 is 0 Å². The summed E-state index contributed by atoms with van der Waals surface area (Å²) in [7, 11) is 1.46. The number of pyridine rings is 1. The lowest BCUT2D eigenvalue weighted by atomic mass is 9.96. The van der Waals surface area contributed by atoms with Crippen LogP contribution in [0.25, 0.3) is 5.76 Å². The molecule has 1 aromatic carbocycles. The molecule has 4 rings (SSSR count). The summed E-state index contributed by atoms with van der Waals surface area (Å²) in [6, 6.07) is 7.00. The fourth-order valence-electron chi connectivity index (χ4n) is 4.05. The first-order valence-corrected chi connectivity index (χ1v) is 10.4. The Hall–Kier alpha value is -3.43. The van der Waals surface area contributed by atoms with Crippen molar-refractivity contribution < 1.29 is 29.3 Å². The Morgan fingerprint density at radius 1 is 1.22 bits per heavy atom.